The van der Waals surface area contributed by atoms with Crippen molar-refractivity contribution >= 4 is 11.9 Å². The van der Waals surface area contributed by atoms with Crippen LogP contribution in [0.15, 0.2) is 36.7 Å². The Hall–Kier alpha value is -2.89. The molecule has 6 heteroatoms. The van der Waals surface area contributed by atoms with Crippen molar-refractivity contribution in [1.29, 1.82) is 0 Å². The smallest absolute Gasteiger partial charge is 0.344 e. The highest BCUT2D eigenvalue weighted by molar-refractivity contribution is 5.94. The maximum absolute atomic E-state index is 12.3. The summed E-state index contributed by atoms with van der Waals surface area (Å²) < 4.78 is 12.8. The Morgan fingerprint density at radius 3 is 2.21 bits per heavy atom. The largest absolute Gasteiger partial charge is 0.481 e. The number of aromatic nitrogens is 1. The molecule has 0 spiro atoms. The molecule has 0 radical (unpaired) electrons. The second-order valence-electron chi connectivity index (χ2n) is 7.77. The van der Waals surface area contributed by atoms with Crippen molar-refractivity contribution in [2.45, 2.75) is 40.2 Å². The van der Waals surface area contributed by atoms with E-state index >= 15 is 0 Å². The van der Waals surface area contributed by atoms with Gasteiger partial charge in [0.05, 0.1) is 11.1 Å². The Morgan fingerprint density at radius 1 is 1.07 bits per heavy atom. The van der Waals surface area contributed by atoms with Gasteiger partial charge in [-0.2, -0.15) is 0 Å². The summed E-state index contributed by atoms with van der Waals surface area (Å²) >= 11 is 0. The van der Waals surface area contributed by atoms with Crippen LogP contribution in [-0.2, 0) is 16.6 Å². The lowest BCUT2D eigenvalue weighted by Gasteiger charge is -2.25. The Labute approximate surface area is 166 Å². The summed E-state index contributed by atoms with van der Waals surface area (Å²) in [5, 5.41) is 2.88. The number of aryl methyl sites for hydroxylation is 4. The van der Waals surface area contributed by atoms with Gasteiger partial charge in [0.2, 0.25) is 0 Å². The van der Waals surface area contributed by atoms with Crippen LogP contribution in [0.5, 0.6) is 5.75 Å². The van der Waals surface area contributed by atoms with Crippen LogP contribution in [0, 0.1) is 20.8 Å². The molecule has 0 aliphatic rings. The molecule has 0 aliphatic heterocycles. The highest BCUT2D eigenvalue weighted by Gasteiger charge is 2.24. The number of amides is 1. The van der Waals surface area contributed by atoms with Crippen LogP contribution in [0.25, 0.3) is 0 Å². The molecule has 28 heavy (non-hydrogen) atoms. The summed E-state index contributed by atoms with van der Waals surface area (Å²) in [5.41, 5.74) is 2.95. The van der Waals surface area contributed by atoms with Gasteiger partial charge in [-0.1, -0.05) is 17.7 Å². The first-order chi connectivity index (χ1) is 13.1. The Balaban J connectivity index is 1.85. The number of carbonyl (C=O) groups excluding carboxylic acids is 2. The number of carbonyl (C=O) groups is 2. The van der Waals surface area contributed by atoms with Gasteiger partial charge in [0.15, 0.2) is 19.0 Å². The minimum absolute atomic E-state index is 0.0490. The topological polar surface area (TPSA) is 68.5 Å². The summed E-state index contributed by atoms with van der Waals surface area (Å²) in [6.07, 6.45) is 3.60. The number of rotatable bonds is 7. The highest BCUT2D eigenvalue weighted by Crippen LogP contribution is 2.24. The van der Waals surface area contributed by atoms with Crippen molar-refractivity contribution in [2.24, 2.45) is 7.05 Å². The van der Waals surface area contributed by atoms with E-state index in [0.717, 1.165) is 16.7 Å². The summed E-state index contributed by atoms with van der Waals surface area (Å²) in [6, 6.07) is 7.49. The van der Waals surface area contributed by atoms with Gasteiger partial charge in [0.25, 0.3) is 5.91 Å². The van der Waals surface area contributed by atoms with Gasteiger partial charge in [0.1, 0.15) is 19.4 Å². The van der Waals surface area contributed by atoms with Crippen molar-refractivity contribution in [2.75, 3.05) is 13.2 Å². The zero-order chi connectivity index (χ0) is 20.9. The molecule has 0 atom stereocenters. The van der Waals surface area contributed by atoms with Gasteiger partial charge in [-0.3, -0.25) is 4.79 Å². The SMILES string of the molecule is Cc1cc(C)c(OCC(=O)OCC(C)(C)NC(=O)c2cc[n+](C)cc2)c(C)c1. The van der Waals surface area contributed by atoms with Gasteiger partial charge in [0, 0.05) is 12.1 Å². The second-order valence-corrected chi connectivity index (χ2v) is 7.77. The first kappa shape index (κ1) is 21.4. The van der Waals surface area contributed by atoms with E-state index in [1.807, 2.05) is 44.5 Å². The van der Waals surface area contributed by atoms with E-state index in [-0.39, 0.29) is 19.1 Å². The van der Waals surface area contributed by atoms with Crippen molar-refractivity contribution in [3.63, 3.8) is 0 Å². The van der Waals surface area contributed by atoms with E-state index in [0.29, 0.717) is 11.3 Å². The molecule has 0 saturated heterocycles. The zero-order valence-electron chi connectivity index (χ0n) is 17.5. The number of esters is 1. The molecular weight excluding hydrogens is 356 g/mol. The zero-order valence-corrected chi connectivity index (χ0v) is 17.5. The first-order valence-corrected chi connectivity index (χ1v) is 9.21. The number of hydrogen-bond acceptors (Lipinski definition) is 4. The Morgan fingerprint density at radius 2 is 1.64 bits per heavy atom. The fourth-order valence-electron chi connectivity index (χ4n) is 2.90. The molecule has 0 fully saturated rings. The molecule has 0 aliphatic carbocycles. The molecule has 1 amide bonds. The summed E-state index contributed by atoms with van der Waals surface area (Å²) in [6.45, 7) is 9.39. The molecule has 2 rings (SSSR count). The lowest BCUT2D eigenvalue weighted by molar-refractivity contribution is -0.671. The van der Waals surface area contributed by atoms with Gasteiger partial charge in [-0.25, -0.2) is 9.36 Å². The fourth-order valence-corrected chi connectivity index (χ4v) is 2.90. The molecule has 1 aromatic carbocycles. The Kier molecular flexibility index (Phi) is 6.78. The molecule has 0 unspecified atom stereocenters. The summed E-state index contributed by atoms with van der Waals surface area (Å²) in [5.74, 6) is 0.00425. The number of nitrogens with one attached hydrogen (secondary N) is 1. The molecule has 2 aromatic rings. The lowest BCUT2D eigenvalue weighted by atomic mass is 10.1. The van der Waals surface area contributed by atoms with Crippen LogP contribution >= 0.6 is 0 Å². The average Bonchev–Trinajstić information content (AvgIpc) is 2.59. The molecule has 0 bridgehead atoms. The van der Waals surface area contributed by atoms with Crippen LogP contribution in [0.3, 0.4) is 0 Å². The van der Waals surface area contributed by atoms with Crippen LogP contribution in [-0.4, -0.2) is 30.6 Å². The van der Waals surface area contributed by atoms with Gasteiger partial charge >= 0.3 is 5.97 Å². The van der Waals surface area contributed by atoms with E-state index in [1.54, 1.807) is 38.4 Å². The van der Waals surface area contributed by atoms with Crippen molar-refractivity contribution < 1.29 is 23.6 Å². The van der Waals surface area contributed by atoms with Crippen LogP contribution in [0.1, 0.15) is 40.9 Å². The third-order valence-corrected chi connectivity index (χ3v) is 4.23. The first-order valence-electron chi connectivity index (χ1n) is 9.21. The van der Waals surface area contributed by atoms with Crippen molar-refractivity contribution in [1.82, 2.24) is 5.32 Å². The van der Waals surface area contributed by atoms with E-state index < -0.39 is 11.5 Å². The molecule has 150 valence electrons. The van der Waals surface area contributed by atoms with Crippen LogP contribution in [0.2, 0.25) is 0 Å². The number of hydrogen-bond donors (Lipinski definition) is 1. The third-order valence-electron chi connectivity index (χ3n) is 4.23. The minimum atomic E-state index is -0.708. The fraction of sp³-hybridized carbons (Fsp3) is 0.409. The predicted octanol–water partition coefficient (Wildman–Crippen LogP) is 2.57. The minimum Gasteiger partial charge on any atom is -0.481 e. The van der Waals surface area contributed by atoms with E-state index in [2.05, 4.69) is 5.32 Å². The van der Waals surface area contributed by atoms with Gasteiger partial charge in [-0.05, 0) is 45.7 Å². The third kappa shape index (κ3) is 6.08. The number of benzene rings is 1. The number of pyridine rings is 1. The average molecular weight is 385 g/mol. The number of ether oxygens (including phenoxy) is 2. The maximum Gasteiger partial charge on any atom is 0.344 e. The van der Waals surface area contributed by atoms with E-state index in [1.165, 1.54) is 0 Å². The van der Waals surface area contributed by atoms with E-state index in [4.69, 9.17) is 9.47 Å². The predicted molar refractivity (Wildman–Crippen MR) is 106 cm³/mol. The summed E-state index contributed by atoms with van der Waals surface area (Å²) in [7, 11) is 1.88. The molecule has 1 N–H and O–H groups in total. The molecule has 6 nitrogen and oxygen atoms in total. The summed E-state index contributed by atoms with van der Waals surface area (Å²) in [4.78, 5) is 24.4. The van der Waals surface area contributed by atoms with Gasteiger partial charge < -0.3 is 14.8 Å². The van der Waals surface area contributed by atoms with E-state index in [9.17, 15) is 9.59 Å². The lowest BCUT2D eigenvalue weighted by Crippen LogP contribution is -2.47. The van der Waals surface area contributed by atoms with Crippen molar-refractivity contribution in [3.8, 4) is 5.75 Å². The normalized spacial score (nSPS) is 11.1. The standard InChI is InChI=1S/C22H28N2O4/c1-15-11-16(2)20(17(3)12-15)27-13-19(25)28-14-22(4,5)23-21(26)18-7-9-24(6)10-8-18/h7-12H,13-14H2,1-6H3/p+1. The van der Waals surface area contributed by atoms with Gasteiger partial charge in [-0.15, -0.1) is 0 Å². The molecule has 1 aromatic heterocycles. The Bertz CT molecular complexity index is 834. The number of nitrogens with zero attached hydrogens (tertiary/aromatic N) is 1. The van der Waals surface area contributed by atoms with Crippen LogP contribution < -0.4 is 14.6 Å². The van der Waals surface area contributed by atoms with Crippen LogP contribution in [0.4, 0.5) is 0 Å². The quantitative estimate of drug-likeness (QED) is 0.588. The monoisotopic (exact) mass is 385 g/mol. The highest BCUT2D eigenvalue weighted by atomic mass is 16.6. The second kappa shape index (κ2) is 8.87. The van der Waals surface area contributed by atoms with Crippen molar-refractivity contribution in [3.05, 3.63) is 58.9 Å². The molecule has 1 heterocycles. The maximum atomic E-state index is 12.3. The molecule has 0 saturated carbocycles. The molecular formula is C22H29N2O4+.